The number of carbonyl (C=O) groups excluding carboxylic acids is 2. The van der Waals surface area contributed by atoms with Crippen LogP contribution < -0.4 is 11.5 Å². The van der Waals surface area contributed by atoms with E-state index in [1.54, 1.807) is 0 Å². The standard InChI is InChI=1S/C15H24N2O2/c1-3-6-14-8-5-10(9-14)11(12(16)18)15(14,7-4-2)13(17)19/h5,8,10-11H,3-4,6-7,9H2,1-2H3,(H2,16,18)(H2,17,19). The van der Waals surface area contributed by atoms with Gasteiger partial charge in [0.25, 0.3) is 0 Å². The van der Waals surface area contributed by atoms with E-state index in [4.69, 9.17) is 11.5 Å². The van der Waals surface area contributed by atoms with Crippen LogP contribution in [0.1, 0.15) is 46.0 Å². The van der Waals surface area contributed by atoms with Crippen LogP contribution in [0.4, 0.5) is 0 Å². The van der Waals surface area contributed by atoms with Crippen molar-refractivity contribution in [2.45, 2.75) is 46.0 Å². The first kappa shape index (κ1) is 14.1. The minimum Gasteiger partial charge on any atom is -0.369 e. The van der Waals surface area contributed by atoms with Crippen molar-refractivity contribution >= 4 is 11.8 Å². The zero-order chi connectivity index (χ0) is 14.3. The fourth-order valence-electron chi connectivity index (χ4n) is 4.73. The highest BCUT2D eigenvalue weighted by Gasteiger charge is 2.68. The summed E-state index contributed by atoms with van der Waals surface area (Å²) in [6.45, 7) is 4.13. The van der Waals surface area contributed by atoms with E-state index in [2.05, 4.69) is 19.1 Å². The third-order valence-electron chi connectivity index (χ3n) is 5.20. The fourth-order valence-corrected chi connectivity index (χ4v) is 4.73. The summed E-state index contributed by atoms with van der Waals surface area (Å²) in [6, 6.07) is 0. The summed E-state index contributed by atoms with van der Waals surface area (Å²) >= 11 is 0. The highest BCUT2D eigenvalue weighted by atomic mass is 16.2. The molecule has 2 aliphatic rings. The number of fused-ring (bicyclic) bond motifs is 2. The second-order valence-corrected chi connectivity index (χ2v) is 6.10. The molecule has 2 rings (SSSR count). The van der Waals surface area contributed by atoms with Crippen LogP contribution in [0.15, 0.2) is 12.2 Å². The molecule has 2 aliphatic carbocycles. The van der Waals surface area contributed by atoms with Gasteiger partial charge in [0.15, 0.2) is 0 Å². The van der Waals surface area contributed by atoms with Crippen LogP contribution in [-0.2, 0) is 9.59 Å². The number of amides is 2. The summed E-state index contributed by atoms with van der Waals surface area (Å²) in [4.78, 5) is 24.2. The minimum atomic E-state index is -0.775. The molecular formula is C15H24N2O2. The average Bonchev–Trinajstić information content (AvgIpc) is 2.84. The summed E-state index contributed by atoms with van der Waals surface area (Å²) in [6.07, 6.45) is 8.41. The van der Waals surface area contributed by atoms with Crippen molar-refractivity contribution in [3.8, 4) is 0 Å². The van der Waals surface area contributed by atoms with Crippen molar-refractivity contribution in [2.75, 3.05) is 0 Å². The van der Waals surface area contributed by atoms with E-state index in [1.807, 2.05) is 6.92 Å². The average molecular weight is 264 g/mol. The molecule has 0 aromatic heterocycles. The molecule has 4 N–H and O–H groups in total. The van der Waals surface area contributed by atoms with Crippen LogP contribution in [0.25, 0.3) is 0 Å². The molecule has 0 spiro atoms. The van der Waals surface area contributed by atoms with Gasteiger partial charge in [-0.05, 0) is 25.2 Å². The van der Waals surface area contributed by atoms with Gasteiger partial charge in [-0.3, -0.25) is 9.59 Å². The number of hydrogen-bond acceptors (Lipinski definition) is 2. The summed E-state index contributed by atoms with van der Waals surface area (Å²) < 4.78 is 0. The lowest BCUT2D eigenvalue weighted by Gasteiger charge is -2.45. The predicted octanol–water partition coefficient (Wildman–Crippen LogP) is 1.74. The van der Waals surface area contributed by atoms with Crippen LogP contribution in [0.3, 0.4) is 0 Å². The second kappa shape index (κ2) is 4.66. The van der Waals surface area contributed by atoms with Gasteiger partial charge < -0.3 is 11.5 Å². The Morgan fingerprint density at radius 1 is 1.21 bits per heavy atom. The summed E-state index contributed by atoms with van der Waals surface area (Å²) in [5.74, 6) is -1.07. The number of nitrogens with two attached hydrogens (primary N) is 2. The molecule has 106 valence electrons. The normalized spacial score (nSPS) is 39.7. The van der Waals surface area contributed by atoms with Gasteiger partial charge in [-0.2, -0.15) is 0 Å². The molecule has 4 unspecified atom stereocenters. The maximum Gasteiger partial charge on any atom is 0.225 e. The maximum absolute atomic E-state index is 12.3. The molecule has 2 amide bonds. The smallest absolute Gasteiger partial charge is 0.225 e. The van der Waals surface area contributed by atoms with Crippen LogP contribution in [0.2, 0.25) is 0 Å². The molecule has 4 heteroatoms. The Morgan fingerprint density at radius 3 is 2.32 bits per heavy atom. The summed E-state index contributed by atoms with van der Waals surface area (Å²) in [5.41, 5.74) is 10.3. The van der Waals surface area contributed by atoms with Crippen molar-refractivity contribution < 1.29 is 9.59 Å². The lowest BCUT2D eigenvalue weighted by atomic mass is 9.56. The molecule has 0 saturated heterocycles. The van der Waals surface area contributed by atoms with Gasteiger partial charge in [-0.15, -0.1) is 0 Å². The highest BCUT2D eigenvalue weighted by molar-refractivity contribution is 5.92. The van der Waals surface area contributed by atoms with E-state index in [0.29, 0.717) is 6.42 Å². The molecule has 1 saturated carbocycles. The Labute approximate surface area is 114 Å². The molecule has 0 radical (unpaired) electrons. The molecule has 0 aromatic rings. The lowest BCUT2D eigenvalue weighted by molar-refractivity contribution is -0.144. The number of allylic oxidation sites excluding steroid dienone is 2. The monoisotopic (exact) mass is 264 g/mol. The Bertz CT molecular complexity index is 432. The number of primary amides is 2. The Balaban J connectivity index is 2.57. The molecule has 0 heterocycles. The van der Waals surface area contributed by atoms with Crippen molar-refractivity contribution in [1.82, 2.24) is 0 Å². The van der Waals surface area contributed by atoms with Gasteiger partial charge in [-0.1, -0.05) is 38.8 Å². The van der Waals surface area contributed by atoms with Gasteiger partial charge in [0.1, 0.15) is 0 Å². The minimum absolute atomic E-state index is 0.0862. The molecule has 1 fully saturated rings. The summed E-state index contributed by atoms with van der Waals surface area (Å²) in [5, 5.41) is 0. The SMILES string of the molecule is CCCC12C=CC(C1)C(C(N)=O)C2(CCC)C(N)=O. The molecule has 4 nitrogen and oxygen atoms in total. The first-order valence-electron chi connectivity index (χ1n) is 7.23. The zero-order valence-electron chi connectivity index (χ0n) is 11.8. The third kappa shape index (κ3) is 1.65. The summed E-state index contributed by atoms with van der Waals surface area (Å²) in [7, 11) is 0. The molecule has 19 heavy (non-hydrogen) atoms. The van der Waals surface area contributed by atoms with E-state index >= 15 is 0 Å². The lowest BCUT2D eigenvalue weighted by Crippen LogP contribution is -2.55. The number of rotatable bonds is 6. The molecule has 0 aromatic carbocycles. The van der Waals surface area contributed by atoms with Crippen molar-refractivity contribution in [3.63, 3.8) is 0 Å². The van der Waals surface area contributed by atoms with Gasteiger partial charge >= 0.3 is 0 Å². The quantitative estimate of drug-likeness (QED) is 0.716. The molecular weight excluding hydrogens is 240 g/mol. The topological polar surface area (TPSA) is 86.2 Å². The Kier molecular flexibility index (Phi) is 3.45. The van der Waals surface area contributed by atoms with Crippen molar-refractivity contribution in [3.05, 3.63) is 12.2 Å². The van der Waals surface area contributed by atoms with Crippen LogP contribution in [0, 0.1) is 22.7 Å². The van der Waals surface area contributed by atoms with Crippen molar-refractivity contribution in [2.24, 2.45) is 34.1 Å². The zero-order valence-corrected chi connectivity index (χ0v) is 11.8. The fraction of sp³-hybridized carbons (Fsp3) is 0.733. The molecule has 0 aliphatic heterocycles. The maximum atomic E-state index is 12.3. The van der Waals surface area contributed by atoms with Crippen LogP contribution >= 0.6 is 0 Å². The number of carbonyl (C=O) groups is 2. The van der Waals surface area contributed by atoms with Crippen molar-refractivity contribution in [1.29, 1.82) is 0 Å². The third-order valence-corrected chi connectivity index (χ3v) is 5.20. The van der Waals surface area contributed by atoms with E-state index in [-0.39, 0.29) is 23.1 Å². The van der Waals surface area contributed by atoms with Gasteiger partial charge in [0.2, 0.25) is 11.8 Å². The van der Waals surface area contributed by atoms with Crippen LogP contribution in [-0.4, -0.2) is 11.8 Å². The van der Waals surface area contributed by atoms with Gasteiger partial charge in [0.05, 0.1) is 11.3 Å². The Hall–Kier alpha value is -1.32. The van der Waals surface area contributed by atoms with Gasteiger partial charge in [0, 0.05) is 5.41 Å². The predicted molar refractivity (Wildman–Crippen MR) is 73.8 cm³/mol. The first-order valence-corrected chi connectivity index (χ1v) is 7.23. The van der Waals surface area contributed by atoms with Gasteiger partial charge in [-0.25, -0.2) is 0 Å². The largest absolute Gasteiger partial charge is 0.369 e. The molecule has 2 bridgehead atoms. The van der Waals surface area contributed by atoms with Crippen LogP contribution in [0.5, 0.6) is 0 Å². The second-order valence-electron chi connectivity index (χ2n) is 6.10. The van der Waals surface area contributed by atoms with E-state index in [0.717, 1.165) is 25.7 Å². The first-order chi connectivity index (χ1) is 8.95. The number of hydrogen-bond donors (Lipinski definition) is 2. The van der Waals surface area contributed by atoms with E-state index in [9.17, 15) is 9.59 Å². The molecule has 4 atom stereocenters. The van der Waals surface area contributed by atoms with E-state index in [1.165, 1.54) is 0 Å². The Morgan fingerprint density at radius 2 is 1.84 bits per heavy atom. The highest BCUT2D eigenvalue weighted by Crippen LogP contribution is 2.67. The van der Waals surface area contributed by atoms with E-state index < -0.39 is 11.3 Å².